The maximum Gasteiger partial charge on any atom is 0.324 e. The monoisotopic (exact) mass is 312 g/mol. The molecule has 0 atom stereocenters. The van der Waals surface area contributed by atoms with Gasteiger partial charge in [0.15, 0.2) is 0 Å². The Labute approximate surface area is 129 Å². The summed E-state index contributed by atoms with van der Waals surface area (Å²) >= 11 is 1.19. The summed E-state index contributed by atoms with van der Waals surface area (Å²) in [7, 11) is 2.16. The molecule has 2 heterocycles. The van der Waals surface area contributed by atoms with Gasteiger partial charge in [0, 0.05) is 56.3 Å². The minimum atomic E-state index is -0.331. The average molecular weight is 312 g/mol. The highest BCUT2D eigenvalue weighted by Crippen LogP contribution is 2.22. The Hall–Kier alpha value is -1.02. The van der Waals surface area contributed by atoms with Crippen LogP contribution in [0.4, 0.5) is 5.00 Å². The van der Waals surface area contributed by atoms with Crippen LogP contribution in [-0.4, -0.2) is 60.0 Å². The van der Waals surface area contributed by atoms with Crippen molar-refractivity contribution in [2.24, 2.45) is 0 Å². The van der Waals surface area contributed by atoms with Crippen LogP contribution in [0.1, 0.15) is 19.4 Å². The van der Waals surface area contributed by atoms with Crippen LogP contribution in [0.3, 0.4) is 0 Å². The zero-order chi connectivity index (χ0) is 15.5. The van der Waals surface area contributed by atoms with Crippen LogP contribution in [0.2, 0.25) is 0 Å². The van der Waals surface area contributed by atoms with E-state index in [9.17, 15) is 10.1 Å². The molecule has 21 heavy (non-hydrogen) atoms. The predicted molar refractivity (Wildman–Crippen MR) is 85.8 cm³/mol. The van der Waals surface area contributed by atoms with Crippen LogP contribution in [0.5, 0.6) is 0 Å². The molecular weight excluding hydrogens is 288 g/mol. The van der Waals surface area contributed by atoms with E-state index in [2.05, 4.69) is 36.0 Å². The Bertz CT molecular complexity index is 481. The summed E-state index contributed by atoms with van der Waals surface area (Å²) in [5.74, 6) is 0. The van der Waals surface area contributed by atoms with Gasteiger partial charge in [-0.05, 0) is 26.5 Å². The number of nitrogens with one attached hydrogen (secondary N) is 1. The first-order valence-electron chi connectivity index (χ1n) is 7.24. The molecule has 1 saturated heterocycles. The van der Waals surface area contributed by atoms with Gasteiger partial charge in [0.05, 0.1) is 4.92 Å². The fraction of sp³-hybridized carbons (Fsp3) is 0.714. The highest BCUT2D eigenvalue weighted by atomic mass is 32.1. The standard InChI is InChI=1S/C14H24N4O2S/c1-14(2,17-6-4-16(3)5-7-17)11-15-9-12-8-13(18(19)20)21-10-12/h8,10,15H,4-7,9,11H2,1-3H3. The van der Waals surface area contributed by atoms with Crippen molar-refractivity contribution in [3.8, 4) is 0 Å². The lowest BCUT2D eigenvalue weighted by molar-refractivity contribution is -0.380. The third-order valence-electron chi connectivity index (χ3n) is 4.07. The first-order chi connectivity index (χ1) is 9.88. The zero-order valence-electron chi connectivity index (χ0n) is 13.0. The predicted octanol–water partition coefficient (Wildman–Crippen LogP) is 1.77. The molecule has 1 aromatic rings. The number of hydrogen-bond acceptors (Lipinski definition) is 6. The molecule has 2 rings (SSSR count). The summed E-state index contributed by atoms with van der Waals surface area (Å²) in [5, 5.41) is 16.2. The molecule has 0 bridgehead atoms. The van der Waals surface area contributed by atoms with Gasteiger partial charge in [0.1, 0.15) is 0 Å². The lowest BCUT2D eigenvalue weighted by Gasteiger charge is -2.43. The van der Waals surface area contributed by atoms with Crippen molar-refractivity contribution in [2.75, 3.05) is 39.8 Å². The SMILES string of the molecule is CN1CCN(C(C)(C)CNCc2csc([N+](=O)[O-])c2)CC1. The number of piperazine rings is 1. The number of rotatable bonds is 6. The fourth-order valence-electron chi connectivity index (χ4n) is 2.59. The topological polar surface area (TPSA) is 61.6 Å². The van der Waals surface area contributed by atoms with Crippen molar-refractivity contribution >= 4 is 16.3 Å². The van der Waals surface area contributed by atoms with E-state index in [1.54, 1.807) is 6.07 Å². The summed E-state index contributed by atoms with van der Waals surface area (Å²) in [6.07, 6.45) is 0. The Morgan fingerprint density at radius 3 is 2.62 bits per heavy atom. The van der Waals surface area contributed by atoms with E-state index in [0.717, 1.165) is 38.3 Å². The van der Waals surface area contributed by atoms with Crippen LogP contribution >= 0.6 is 11.3 Å². The summed E-state index contributed by atoms with van der Waals surface area (Å²) in [6, 6.07) is 1.65. The maximum absolute atomic E-state index is 10.7. The molecule has 0 saturated carbocycles. The van der Waals surface area contributed by atoms with Gasteiger partial charge in [-0.25, -0.2) is 0 Å². The third-order valence-corrected chi connectivity index (χ3v) is 4.99. The van der Waals surface area contributed by atoms with Crippen molar-refractivity contribution < 1.29 is 4.92 Å². The number of likely N-dealkylation sites (N-methyl/N-ethyl adjacent to an activating group) is 1. The summed E-state index contributed by atoms with van der Waals surface area (Å²) < 4.78 is 0. The Balaban J connectivity index is 1.79. The van der Waals surface area contributed by atoms with Crippen LogP contribution in [0.25, 0.3) is 0 Å². The van der Waals surface area contributed by atoms with Crippen LogP contribution in [0, 0.1) is 10.1 Å². The van der Waals surface area contributed by atoms with Gasteiger partial charge in [-0.3, -0.25) is 15.0 Å². The Morgan fingerprint density at radius 1 is 1.38 bits per heavy atom. The molecule has 0 radical (unpaired) electrons. The molecule has 1 aliphatic heterocycles. The largest absolute Gasteiger partial charge is 0.324 e. The first-order valence-corrected chi connectivity index (χ1v) is 8.12. The Kier molecular flexibility index (Phi) is 5.32. The molecule has 1 aromatic heterocycles. The van der Waals surface area contributed by atoms with Crippen molar-refractivity contribution in [1.82, 2.24) is 15.1 Å². The molecule has 1 N–H and O–H groups in total. The normalized spacial score (nSPS) is 18.0. The lowest BCUT2D eigenvalue weighted by Crippen LogP contribution is -2.57. The van der Waals surface area contributed by atoms with Gasteiger partial charge in [-0.1, -0.05) is 11.3 Å². The van der Waals surface area contributed by atoms with Crippen LogP contribution in [0.15, 0.2) is 11.4 Å². The minimum absolute atomic E-state index is 0.100. The number of thiophene rings is 1. The zero-order valence-corrected chi connectivity index (χ0v) is 13.8. The van der Waals surface area contributed by atoms with E-state index in [0.29, 0.717) is 6.54 Å². The van der Waals surface area contributed by atoms with Gasteiger partial charge < -0.3 is 10.2 Å². The van der Waals surface area contributed by atoms with Crippen LogP contribution < -0.4 is 5.32 Å². The Morgan fingerprint density at radius 2 is 2.05 bits per heavy atom. The molecule has 7 heteroatoms. The smallest absolute Gasteiger partial charge is 0.311 e. The van der Waals surface area contributed by atoms with E-state index in [1.165, 1.54) is 11.3 Å². The number of hydrogen-bond donors (Lipinski definition) is 1. The van der Waals surface area contributed by atoms with Crippen LogP contribution in [-0.2, 0) is 6.54 Å². The molecular formula is C14H24N4O2S. The maximum atomic E-state index is 10.7. The van der Waals surface area contributed by atoms with E-state index >= 15 is 0 Å². The molecule has 6 nitrogen and oxygen atoms in total. The van der Waals surface area contributed by atoms with Crippen molar-refractivity contribution in [2.45, 2.75) is 25.9 Å². The fourth-order valence-corrected chi connectivity index (χ4v) is 3.32. The van der Waals surface area contributed by atoms with Gasteiger partial charge in [0.2, 0.25) is 0 Å². The number of nitrogens with zero attached hydrogens (tertiary/aromatic N) is 3. The molecule has 118 valence electrons. The first kappa shape index (κ1) is 16.4. The molecule has 1 aliphatic rings. The van der Waals surface area contributed by atoms with Crippen molar-refractivity contribution in [3.05, 3.63) is 27.1 Å². The molecule has 0 unspecified atom stereocenters. The molecule has 1 fully saturated rings. The average Bonchev–Trinajstić information content (AvgIpc) is 2.88. The number of nitro groups is 1. The van der Waals surface area contributed by atoms with Gasteiger partial charge in [0.25, 0.3) is 0 Å². The highest BCUT2D eigenvalue weighted by Gasteiger charge is 2.28. The van der Waals surface area contributed by atoms with Crippen molar-refractivity contribution in [1.29, 1.82) is 0 Å². The second-order valence-corrected chi connectivity index (χ2v) is 7.15. The molecule has 0 amide bonds. The quantitative estimate of drug-likeness (QED) is 0.641. The van der Waals surface area contributed by atoms with Gasteiger partial charge in [-0.2, -0.15) is 0 Å². The van der Waals surface area contributed by atoms with E-state index < -0.39 is 0 Å². The summed E-state index contributed by atoms with van der Waals surface area (Å²) in [4.78, 5) is 15.2. The second kappa shape index (κ2) is 6.83. The second-order valence-electron chi connectivity index (χ2n) is 6.26. The molecule has 0 aromatic carbocycles. The van der Waals surface area contributed by atoms with Gasteiger partial charge in [-0.15, -0.1) is 0 Å². The third kappa shape index (κ3) is 4.47. The van der Waals surface area contributed by atoms with E-state index in [4.69, 9.17) is 0 Å². The van der Waals surface area contributed by atoms with Crippen molar-refractivity contribution in [3.63, 3.8) is 0 Å². The summed E-state index contributed by atoms with van der Waals surface area (Å²) in [5.41, 5.74) is 1.09. The molecule has 0 spiro atoms. The minimum Gasteiger partial charge on any atom is -0.311 e. The molecule has 0 aliphatic carbocycles. The van der Waals surface area contributed by atoms with E-state index in [-0.39, 0.29) is 15.5 Å². The summed E-state index contributed by atoms with van der Waals surface area (Å²) in [6.45, 7) is 10.5. The van der Waals surface area contributed by atoms with E-state index in [1.807, 2.05) is 5.38 Å². The lowest BCUT2D eigenvalue weighted by atomic mass is 10.0. The van der Waals surface area contributed by atoms with Gasteiger partial charge >= 0.3 is 5.00 Å². The highest BCUT2D eigenvalue weighted by molar-refractivity contribution is 7.13.